The number of fused-ring (bicyclic) bond motifs is 1. The molecule has 0 spiro atoms. The number of imidazole rings is 1. The summed E-state index contributed by atoms with van der Waals surface area (Å²) >= 11 is 0. The maximum absolute atomic E-state index is 5.77. The summed E-state index contributed by atoms with van der Waals surface area (Å²) < 4.78 is 7.84. The minimum absolute atomic E-state index is 0.827. The van der Waals surface area contributed by atoms with Gasteiger partial charge in [0.25, 0.3) is 0 Å². The fraction of sp³-hybridized carbons (Fsp3) is 0.154. The van der Waals surface area contributed by atoms with Gasteiger partial charge >= 0.3 is 0 Å². The van der Waals surface area contributed by atoms with E-state index in [2.05, 4.69) is 16.5 Å². The minimum Gasteiger partial charge on any atom is -0.453 e. The lowest BCUT2D eigenvalue weighted by Crippen LogP contribution is -1.94. The maximum atomic E-state index is 5.77. The van der Waals surface area contributed by atoms with Crippen LogP contribution in [0.2, 0.25) is 0 Å². The lowest BCUT2D eigenvalue weighted by atomic mass is 10.2. The Morgan fingerprint density at radius 1 is 1.31 bits per heavy atom. The lowest BCUT2D eigenvalue weighted by molar-refractivity contribution is 0.614. The van der Waals surface area contributed by atoms with Gasteiger partial charge in [-0.3, -0.25) is 0 Å². The molecule has 0 aliphatic heterocycles. The molecule has 3 rings (SSSR count). The largest absolute Gasteiger partial charge is 0.453 e. The SMILES string of the molecule is CCn1ccnc1-c1cc2ccccc2o1. The normalized spacial score (nSPS) is 11.1. The average Bonchev–Trinajstić information content (AvgIpc) is 2.94. The summed E-state index contributed by atoms with van der Waals surface area (Å²) in [6, 6.07) is 10.0. The van der Waals surface area contributed by atoms with Gasteiger partial charge in [0.05, 0.1) is 0 Å². The average molecular weight is 212 g/mol. The van der Waals surface area contributed by atoms with Crippen LogP contribution in [-0.4, -0.2) is 9.55 Å². The predicted molar refractivity (Wildman–Crippen MR) is 63.1 cm³/mol. The first kappa shape index (κ1) is 9.21. The third-order valence-corrected chi connectivity index (χ3v) is 2.70. The Morgan fingerprint density at radius 3 is 3.00 bits per heavy atom. The second-order valence-electron chi connectivity index (χ2n) is 3.69. The zero-order valence-electron chi connectivity index (χ0n) is 9.05. The Kier molecular flexibility index (Phi) is 2.03. The first-order valence-corrected chi connectivity index (χ1v) is 5.38. The fourth-order valence-electron chi connectivity index (χ4n) is 1.88. The van der Waals surface area contributed by atoms with Crippen molar-refractivity contribution in [2.45, 2.75) is 13.5 Å². The van der Waals surface area contributed by atoms with Crippen LogP contribution in [-0.2, 0) is 6.54 Å². The molecule has 0 bridgehead atoms. The molecule has 0 radical (unpaired) electrons. The van der Waals surface area contributed by atoms with Crippen LogP contribution >= 0.6 is 0 Å². The highest BCUT2D eigenvalue weighted by molar-refractivity contribution is 5.81. The Morgan fingerprint density at radius 2 is 2.19 bits per heavy atom. The van der Waals surface area contributed by atoms with Gasteiger partial charge in [-0.25, -0.2) is 4.98 Å². The molecule has 0 fully saturated rings. The molecular weight excluding hydrogens is 200 g/mol. The first-order valence-electron chi connectivity index (χ1n) is 5.38. The standard InChI is InChI=1S/C13H12N2O/c1-2-15-8-7-14-13(15)12-9-10-5-3-4-6-11(10)16-12/h3-9H,2H2,1H3. The van der Waals surface area contributed by atoms with Crippen LogP contribution in [0.4, 0.5) is 0 Å². The third kappa shape index (κ3) is 1.33. The van der Waals surface area contributed by atoms with E-state index in [4.69, 9.17) is 4.42 Å². The zero-order valence-corrected chi connectivity index (χ0v) is 9.05. The van der Waals surface area contributed by atoms with Crippen LogP contribution in [0.1, 0.15) is 6.92 Å². The van der Waals surface area contributed by atoms with Crippen molar-refractivity contribution in [1.82, 2.24) is 9.55 Å². The minimum atomic E-state index is 0.827. The van der Waals surface area contributed by atoms with Crippen molar-refractivity contribution in [3.8, 4) is 11.6 Å². The summed E-state index contributed by atoms with van der Waals surface area (Å²) in [6.07, 6.45) is 3.76. The Bertz CT molecular complexity index is 588. The maximum Gasteiger partial charge on any atom is 0.176 e. The van der Waals surface area contributed by atoms with Crippen molar-refractivity contribution in [2.75, 3.05) is 0 Å². The van der Waals surface area contributed by atoms with Gasteiger partial charge in [0, 0.05) is 24.3 Å². The van der Waals surface area contributed by atoms with E-state index >= 15 is 0 Å². The fourth-order valence-corrected chi connectivity index (χ4v) is 1.88. The highest BCUT2D eigenvalue weighted by Gasteiger charge is 2.10. The van der Waals surface area contributed by atoms with Gasteiger partial charge in [0.2, 0.25) is 0 Å². The van der Waals surface area contributed by atoms with Crippen LogP contribution in [0.5, 0.6) is 0 Å². The van der Waals surface area contributed by atoms with E-state index in [1.54, 1.807) is 6.20 Å². The smallest absolute Gasteiger partial charge is 0.176 e. The third-order valence-electron chi connectivity index (χ3n) is 2.70. The van der Waals surface area contributed by atoms with Crippen LogP contribution in [0.15, 0.2) is 47.1 Å². The Hall–Kier alpha value is -2.03. The molecule has 3 aromatic rings. The summed E-state index contributed by atoms with van der Waals surface area (Å²) in [5.74, 6) is 1.71. The lowest BCUT2D eigenvalue weighted by Gasteiger charge is -1.99. The van der Waals surface area contributed by atoms with Crippen LogP contribution in [0, 0.1) is 0 Å². The summed E-state index contributed by atoms with van der Waals surface area (Å²) in [5.41, 5.74) is 0.906. The van der Waals surface area contributed by atoms with E-state index in [1.807, 2.05) is 36.5 Å². The number of hydrogen-bond acceptors (Lipinski definition) is 2. The molecule has 16 heavy (non-hydrogen) atoms. The molecule has 3 heteroatoms. The van der Waals surface area contributed by atoms with Gasteiger partial charge in [0.15, 0.2) is 11.6 Å². The number of hydrogen-bond donors (Lipinski definition) is 0. The summed E-state index contributed by atoms with van der Waals surface area (Å²) in [5, 5.41) is 1.11. The Balaban J connectivity index is 2.19. The van der Waals surface area contributed by atoms with E-state index in [-0.39, 0.29) is 0 Å². The Labute approximate surface area is 93.3 Å². The predicted octanol–water partition coefficient (Wildman–Crippen LogP) is 3.32. The number of rotatable bonds is 2. The quantitative estimate of drug-likeness (QED) is 0.652. The number of aromatic nitrogens is 2. The second-order valence-corrected chi connectivity index (χ2v) is 3.69. The number of benzene rings is 1. The van der Waals surface area contributed by atoms with E-state index in [0.29, 0.717) is 0 Å². The molecule has 3 nitrogen and oxygen atoms in total. The van der Waals surface area contributed by atoms with Crippen molar-refractivity contribution in [1.29, 1.82) is 0 Å². The molecule has 0 amide bonds. The molecule has 1 aromatic carbocycles. The van der Waals surface area contributed by atoms with Crippen molar-refractivity contribution >= 4 is 11.0 Å². The molecule has 0 aliphatic carbocycles. The van der Waals surface area contributed by atoms with Gasteiger partial charge in [0.1, 0.15) is 5.58 Å². The van der Waals surface area contributed by atoms with Crippen LogP contribution in [0.25, 0.3) is 22.6 Å². The zero-order chi connectivity index (χ0) is 11.0. The first-order chi connectivity index (χ1) is 7.88. The van der Waals surface area contributed by atoms with Crippen molar-refractivity contribution in [3.63, 3.8) is 0 Å². The molecule has 0 aliphatic rings. The van der Waals surface area contributed by atoms with E-state index in [9.17, 15) is 0 Å². The highest BCUT2D eigenvalue weighted by atomic mass is 16.3. The number of nitrogens with zero attached hydrogens (tertiary/aromatic N) is 2. The van der Waals surface area contributed by atoms with E-state index < -0.39 is 0 Å². The number of furan rings is 1. The van der Waals surface area contributed by atoms with Crippen molar-refractivity contribution in [3.05, 3.63) is 42.7 Å². The molecule has 0 N–H and O–H groups in total. The van der Waals surface area contributed by atoms with Gasteiger partial charge in [-0.1, -0.05) is 18.2 Å². The van der Waals surface area contributed by atoms with E-state index in [0.717, 1.165) is 29.1 Å². The molecule has 2 aromatic heterocycles. The molecule has 80 valence electrons. The molecule has 0 saturated carbocycles. The molecular formula is C13H12N2O. The van der Waals surface area contributed by atoms with Crippen molar-refractivity contribution < 1.29 is 4.42 Å². The molecule has 0 atom stereocenters. The molecule has 0 saturated heterocycles. The van der Waals surface area contributed by atoms with E-state index in [1.165, 1.54) is 0 Å². The van der Waals surface area contributed by atoms with Gasteiger partial charge in [-0.05, 0) is 19.1 Å². The van der Waals surface area contributed by atoms with Gasteiger partial charge in [-0.15, -0.1) is 0 Å². The monoisotopic (exact) mass is 212 g/mol. The molecule has 0 unspecified atom stereocenters. The van der Waals surface area contributed by atoms with Gasteiger partial charge in [-0.2, -0.15) is 0 Å². The second kappa shape index (κ2) is 3.52. The summed E-state index contributed by atoms with van der Waals surface area (Å²) in [4.78, 5) is 4.32. The van der Waals surface area contributed by atoms with Crippen LogP contribution < -0.4 is 0 Å². The topological polar surface area (TPSA) is 31.0 Å². The summed E-state index contributed by atoms with van der Waals surface area (Å²) in [7, 11) is 0. The van der Waals surface area contributed by atoms with Crippen LogP contribution in [0.3, 0.4) is 0 Å². The number of aryl methyl sites for hydroxylation is 1. The highest BCUT2D eigenvalue weighted by Crippen LogP contribution is 2.26. The van der Waals surface area contributed by atoms with Crippen molar-refractivity contribution in [2.24, 2.45) is 0 Å². The summed E-state index contributed by atoms with van der Waals surface area (Å²) in [6.45, 7) is 2.99. The number of para-hydroxylation sites is 1. The molecule has 2 heterocycles. The van der Waals surface area contributed by atoms with Gasteiger partial charge < -0.3 is 8.98 Å².